The summed E-state index contributed by atoms with van der Waals surface area (Å²) >= 11 is 0. The van der Waals surface area contributed by atoms with Gasteiger partial charge in [-0.25, -0.2) is 4.39 Å². The summed E-state index contributed by atoms with van der Waals surface area (Å²) in [6.45, 7) is 0. The molecular weight excluding hydrogens is 521 g/mol. The molecule has 188 valence electrons. The first-order valence-corrected chi connectivity index (χ1v) is 6.15. The van der Waals surface area contributed by atoms with Crippen molar-refractivity contribution in [3.63, 3.8) is 0 Å². The van der Waals surface area contributed by atoms with Crippen molar-refractivity contribution in [2.45, 2.75) is 53.7 Å². The van der Waals surface area contributed by atoms with Crippen LogP contribution in [0.5, 0.6) is 0 Å². The van der Waals surface area contributed by atoms with Crippen LogP contribution in [0.25, 0.3) is 0 Å². The van der Waals surface area contributed by atoms with E-state index in [-0.39, 0.29) is 0 Å². The average Bonchev–Trinajstić information content (AvgIpc) is 2.50. The Labute approximate surface area is 153 Å². The lowest BCUT2D eigenvalue weighted by molar-refractivity contribution is -0.504. The Kier molecular flexibility index (Phi) is 6.65. The standard InChI is InChI=1S/C9F21N/c10-1(11,5(18,19)8(23,24)25)3(14,15)7(22,31(29)30)4(16,17)2(12,13)6(20,21)9(26,27)28. The van der Waals surface area contributed by atoms with Gasteiger partial charge in [0.25, 0.3) is 0 Å². The molecule has 0 rings (SSSR count). The summed E-state index contributed by atoms with van der Waals surface area (Å²) in [4.78, 5) is 0. The highest BCUT2D eigenvalue weighted by atomic mass is 19.4. The Morgan fingerprint density at radius 1 is 0.290 bits per heavy atom. The molecule has 0 aromatic rings. The molecule has 0 N–H and O–H groups in total. The van der Waals surface area contributed by atoms with Gasteiger partial charge in [0.05, 0.1) is 5.34 Å². The van der Waals surface area contributed by atoms with Crippen LogP contribution in [0.1, 0.15) is 0 Å². The maximum absolute atomic E-state index is 13.6. The van der Waals surface area contributed by atoms with Crippen molar-refractivity contribution in [1.82, 2.24) is 5.34 Å². The molecule has 31 heavy (non-hydrogen) atoms. The topological polar surface area (TPSA) is 3.24 Å². The van der Waals surface area contributed by atoms with Crippen LogP contribution in [0.3, 0.4) is 0 Å². The van der Waals surface area contributed by atoms with Crippen LogP contribution in [0.15, 0.2) is 0 Å². The first-order valence-electron chi connectivity index (χ1n) is 6.15. The third-order valence-electron chi connectivity index (χ3n) is 3.35. The highest BCUT2D eigenvalue weighted by Crippen LogP contribution is 2.65. The molecule has 0 heterocycles. The molecule has 0 aliphatic rings. The number of alkyl halides is 19. The second kappa shape index (κ2) is 6.99. The van der Waals surface area contributed by atoms with Gasteiger partial charge in [-0.3, -0.25) is 0 Å². The summed E-state index contributed by atoms with van der Waals surface area (Å²) in [6.07, 6.45) is -16.1. The molecule has 0 radical (unpaired) electrons. The van der Waals surface area contributed by atoms with Gasteiger partial charge in [0.15, 0.2) is 0 Å². The van der Waals surface area contributed by atoms with Crippen molar-refractivity contribution < 1.29 is 92.4 Å². The van der Waals surface area contributed by atoms with Crippen molar-refractivity contribution >= 4 is 0 Å². The van der Waals surface area contributed by atoms with E-state index < -0.39 is 59.0 Å². The molecular formula is C9F21N. The smallest absolute Gasteiger partial charge is 0.206 e. The van der Waals surface area contributed by atoms with E-state index in [1.165, 1.54) is 0 Å². The summed E-state index contributed by atoms with van der Waals surface area (Å²) in [7, 11) is 0. The van der Waals surface area contributed by atoms with Gasteiger partial charge < -0.3 is 0 Å². The molecule has 22 heteroatoms. The second-order valence-electron chi connectivity index (χ2n) is 5.30. The number of halogens is 21. The van der Waals surface area contributed by atoms with Gasteiger partial charge in [-0.2, -0.15) is 79.0 Å². The quantitative estimate of drug-likeness (QED) is 0.206. The lowest BCUT2D eigenvalue weighted by Gasteiger charge is -2.45. The van der Waals surface area contributed by atoms with Crippen molar-refractivity contribution in [3.8, 4) is 0 Å². The molecule has 0 amide bonds. The largest absolute Gasteiger partial charge is 0.460 e. The van der Waals surface area contributed by atoms with E-state index in [0.717, 1.165) is 0 Å². The van der Waals surface area contributed by atoms with Gasteiger partial charge in [0.2, 0.25) is 0 Å². The van der Waals surface area contributed by atoms with Crippen LogP contribution in [0.4, 0.5) is 92.4 Å². The summed E-state index contributed by atoms with van der Waals surface area (Å²) < 4.78 is 264. The molecule has 0 unspecified atom stereocenters. The first-order chi connectivity index (χ1) is 12.9. The molecule has 0 atom stereocenters. The second-order valence-corrected chi connectivity index (χ2v) is 5.30. The van der Waals surface area contributed by atoms with Crippen LogP contribution in [0.2, 0.25) is 0 Å². The minimum absolute atomic E-state index is 4.98. The van der Waals surface area contributed by atoms with Gasteiger partial charge in [-0.05, 0) is 0 Å². The predicted molar refractivity (Wildman–Crippen MR) is 49.7 cm³/mol. The number of nitrogens with zero attached hydrogens (tertiary/aromatic N) is 1. The lowest BCUT2D eigenvalue weighted by Crippen LogP contribution is -2.79. The predicted octanol–water partition coefficient (Wildman–Crippen LogP) is 6.66. The van der Waals surface area contributed by atoms with E-state index in [2.05, 4.69) is 0 Å². The third-order valence-corrected chi connectivity index (χ3v) is 3.35. The Bertz CT molecular complexity index is 601. The van der Waals surface area contributed by atoms with E-state index in [9.17, 15) is 92.4 Å². The molecule has 0 aromatic carbocycles. The molecule has 0 saturated carbocycles. The van der Waals surface area contributed by atoms with Gasteiger partial charge >= 0.3 is 53.7 Å². The van der Waals surface area contributed by atoms with Gasteiger partial charge in [-0.1, -0.05) is 8.96 Å². The van der Waals surface area contributed by atoms with E-state index in [4.69, 9.17) is 0 Å². The molecule has 0 fully saturated rings. The maximum atomic E-state index is 13.6. The zero-order valence-electron chi connectivity index (χ0n) is 12.9. The molecule has 0 spiro atoms. The number of rotatable bonds is 7. The van der Waals surface area contributed by atoms with Gasteiger partial charge in [-0.15, -0.1) is 0 Å². The van der Waals surface area contributed by atoms with Crippen molar-refractivity contribution in [2.24, 2.45) is 0 Å². The van der Waals surface area contributed by atoms with Crippen LogP contribution in [-0.2, 0) is 0 Å². The van der Waals surface area contributed by atoms with E-state index >= 15 is 0 Å². The van der Waals surface area contributed by atoms with E-state index in [1.54, 1.807) is 0 Å². The average molecular weight is 521 g/mol. The summed E-state index contributed by atoms with van der Waals surface area (Å²) in [5.41, 5.74) is 0. The summed E-state index contributed by atoms with van der Waals surface area (Å²) in [5.74, 6) is -62.1. The molecule has 0 aromatic heterocycles. The zero-order valence-corrected chi connectivity index (χ0v) is 12.9. The van der Waals surface area contributed by atoms with Crippen molar-refractivity contribution in [1.29, 1.82) is 0 Å². The monoisotopic (exact) mass is 521 g/mol. The zero-order chi connectivity index (χ0) is 26.1. The van der Waals surface area contributed by atoms with E-state index in [1.807, 2.05) is 0 Å². The van der Waals surface area contributed by atoms with Crippen LogP contribution in [0, 0.1) is 0 Å². The molecule has 0 saturated heterocycles. The minimum Gasteiger partial charge on any atom is -0.206 e. The number of hydrogen-bond donors (Lipinski definition) is 0. The van der Waals surface area contributed by atoms with Crippen molar-refractivity contribution in [3.05, 3.63) is 0 Å². The van der Waals surface area contributed by atoms with Crippen LogP contribution >= 0.6 is 0 Å². The fraction of sp³-hybridized carbons (Fsp3) is 1.00. The Hall–Kier alpha value is -1.51. The Morgan fingerprint density at radius 3 is 0.613 bits per heavy atom. The normalized spacial score (nSPS) is 16.8. The van der Waals surface area contributed by atoms with Crippen LogP contribution < -0.4 is 0 Å². The van der Waals surface area contributed by atoms with E-state index in [0.29, 0.717) is 0 Å². The lowest BCUT2D eigenvalue weighted by atomic mass is 9.86. The Balaban J connectivity index is 7.26. The fourth-order valence-electron chi connectivity index (χ4n) is 1.58. The number of hydrogen-bond acceptors (Lipinski definition) is 1. The Morgan fingerprint density at radius 2 is 0.484 bits per heavy atom. The summed E-state index contributed by atoms with van der Waals surface area (Å²) in [5, 5.41) is -4.98. The SMILES string of the molecule is FN(F)C(F)(C(F)(F)C(F)(F)C(F)(F)C(F)(F)F)C(F)(F)C(F)(F)C(F)(F)C(F)(F)F. The highest BCUT2D eigenvalue weighted by molar-refractivity contribution is 5.17. The first kappa shape index (κ1) is 29.5. The highest BCUT2D eigenvalue weighted by Gasteiger charge is 2.98. The minimum atomic E-state index is -9.13. The third kappa shape index (κ3) is 3.42. The fourth-order valence-corrected chi connectivity index (χ4v) is 1.58. The summed E-state index contributed by atoms with van der Waals surface area (Å²) in [6, 6.07) is 0. The molecule has 0 bridgehead atoms. The van der Waals surface area contributed by atoms with Gasteiger partial charge in [0.1, 0.15) is 0 Å². The van der Waals surface area contributed by atoms with Crippen LogP contribution in [-0.4, -0.2) is 59.0 Å². The van der Waals surface area contributed by atoms with Crippen molar-refractivity contribution in [2.75, 3.05) is 0 Å². The van der Waals surface area contributed by atoms with Gasteiger partial charge in [0, 0.05) is 0 Å². The molecule has 0 aliphatic carbocycles. The molecule has 1 nitrogen and oxygen atoms in total. The maximum Gasteiger partial charge on any atom is 0.460 e. The molecule has 0 aliphatic heterocycles.